The summed E-state index contributed by atoms with van der Waals surface area (Å²) in [5.74, 6) is -1.07. The molecule has 2 aromatic rings. The predicted molar refractivity (Wildman–Crippen MR) is 163 cm³/mol. The van der Waals surface area contributed by atoms with Gasteiger partial charge in [0.25, 0.3) is 5.91 Å². The molecule has 0 aliphatic rings. The predicted octanol–water partition coefficient (Wildman–Crippen LogP) is 5.06. The van der Waals surface area contributed by atoms with E-state index in [-0.39, 0.29) is 30.2 Å². The standard InChI is InChI=1S/C33H51N4O4/c1-24(2)28(34)31(39)37(9,23-21-27-18-14-11-15-19-27)36(32(40)41-33(5,6)7)29(25(3)4)30(38)35(8)22-20-26-16-12-10-13-17-26/h10-19,24-25,28-29H,20-23,34H2,1-9H3/q+1. The third kappa shape index (κ3) is 9.40. The number of nitrogens with zero attached hydrogens (tertiary/aromatic N) is 3. The molecule has 0 saturated carbocycles. The first kappa shape index (κ1) is 34.0. The summed E-state index contributed by atoms with van der Waals surface area (Å²) in [7, 11) is 3.42. The summed E-state index contributed by atoms with van der Waals surface area (Å²) < 4.78 is 5.40. The van der Waals surface area contributed by atoms with Crippen LogP contribution in [-0.2, 0) is 27.2 Å². The quantitative estimate of drug-likeness (QED) is 0.303. The Bertz CT molecular complexity index is 1130. The smallest absolute Gasteiger partial charge is 0.441 e. The lowest BCUT2D eigenvalue weighted by atomic mass is 10.00. The maximum atomic E-state index is 14.2. The number of ether oxygens (including phenoxy) is 1. The number of nitrogens with two attached hydrogens (primary N) is 1. The van der Waals surface area contributed by atoms with Crippen molar-refractivity contribution in [3.05, 3.63) is 71.8 Å². The van der Waals surface area contributed by atoms with Crippen molar-refractivity contribution in [3.63, 3.8) is 0 Å². The van der Waals surface area contributed by atoms with Crippen LogP contribution in [0.4, 0.5) is 4.79 Å². The Hall–Kier alpha value is -3.23. The normalized spacial score (nSPS) is 14.7. The molecule has 41 heavy (non-hydrogen) atoms. The molecule has 3 unspecified atom stereocenters. The largest absolute Gasteiger partial charge is 0.456 e. The number of carbonyl (C=O) groups is 3. The summed E-state index contributed by atoms with van der Waals surface area (Å²) in [5.41, 5.74) is 7.75. The molecule has 3 amide bonds. The molecule has 8 nitrogen and oxygen atoms in total. The van der Waals surface area contributed by atoms with Crippen molar-refractivity contribution in [3.8, 4) is 0 Å². The summed E-state index contributed by atoms with van der Waals surface area (Å²) in [4.78, 5) is 44.2. The minimum absolute atomic E-state index is 0.168. The molecule has 0 spiro atoms. The zero-order chi connectivity index (χ0) is 31.0. The fraction of sp³-hybridized carbons (Fsp3) is 0.545. The Morgan fingerprint density at radius 2 is 1.34 bits per heavy atom. The molecule has 0 radical (unpaired) electrons. The first-order valence-electron chi connectivity index (χ1n) is 14.6. The highest BCUT2D eigenvalue weighted by atomic mass is 16.6. The summed E-state index contributed by atoms with van der Waals surface area (Å²) >= 11 is 0. The maximum Gasteiger partial charge on any atom is 0.456 e. The van der Waals surface area contributed by atoms with E-state index in [2.05, 4.69) is 0 Å². The van der Waals surface area contributed by atoms with Gasteiger partial charge in [0.05, 0.1) is 7.05 Å². The van der Waals surface area contributed by atoms with E-state index in [0.29, 0.717) is 19.4 Å². The van der Waals surface area contributed by atoms with Crippen LogP contribution in [-0.4, -0.2) is 77.3 Å². The van der Waals surface area contributed by atoms with Gasteiger partial charge in [0.15, 0.2) is 6.04 Å². The van der Waals surface area contributed by atoms with Crippen molar-refractivity contribution in [1.29, 1.82) is 0 Å². The molecule has 0 aliphatic carbocycles. The fourth-order valence-corrected chi connectivity index (χ4v) is 4.75. The Balaban J connectivity index is 2.60. The molecule has 226 valence electrons. The van der Waals surface area contributed by atoms with Crippen LogP contribution in [0.15, 0.2) is 60.7 Å². The Morgan fingerprint density at radius 3 is 1.78 bits per heavy atom. The molecule has 0 bridgehead atoms. The van der Waals surface area contributed by atoms with Crippen molar-refractivity contribution in [2.75, 3.05) is 27.2 Å². The van der Waals surface area contributed by atoms with Crippen molar-refractivity contribution in [2.24, 2.45) is 17.6 Å². The molecule has 0 heterocycles. The van der Waals surface area contributed by atoms with E-state index in [4.69, 9.17) is 10.5 Å². The third-order valence-electron chi connectivity index (χ3n) is 7.32. The van der Waals surface area contributed by atoms with E-state index in [1.807, 2.05) is 88.4 Å². The number of hydrogen-bond donors (Lipinski definition) is 1. The Kier molecular flexibility index (Phi) is 12.1. The van der Waals surface area contributed by atoms with Gasteiger partial charge < -0.3 is 15.4 Å². The van der Waals surface area contributed by atoms with Crippen molar-refractivity contribution >= 4 is 17.9 Å². The van der Waals surface area contributed by atoms with Gasteiger partial charge in [-0.1, -0.05) is 88.4 Å². The molecule has 8 heteroatoms. The number of hydrogen-bond acceptors (Lipinski definition) is 5. The van der Waals surface area contributed by atoms with Crippen LogP contribution in [0.2, 0.25) is 0 Å². The summed E-state index contributed by atoms with van der Waals surface area (Å²) in [6.07, 6.45) is 0.439. The van der Waals surface area contributed by atoms with Crippen LogP contribution in [0, 0.1) is 11.8 Å². The average molecular weight is 568 g/mol. The van der Waals surface area contributed by atoms with Crippen LogP contribution in [0.5, 0.6) is 0 Å². The highest BCUT2D eigenvalue weighted by molar-refractivity contribution is 5.86. The summed E-state index contributed by atoms with van der Waals surface area (Å²) in [5, 5.41) is 1.35. The van der Waals surface area contributed by atoms with E-state index >= 15 is 0 Å². The van der Waals surface area contributed by atoms with E-state index in [1.54, 1.807) is 39.8 Å². The molecule has 0 saturated heterocycles. The monoisotopic (exact) mass is 567 g/mol. The first-order chi connectivity index (χ1) is 19.1. The van der Waals surface area contributed by atoms with E-state index < -0.39 is 28.4 Å². The van der Waals surface area contributed by atoms with E-state index in [1.165, 1.54) is 5.01 Å². The number of quaternary nitrogens is 1. The number of likely N-dealkylation sites (N-methyl/N-ethyl adjacent to an activating group) is 2. The molecule has 2 aromatic carbocycles. The first-order valence-corrected chi connectivity index (χ1v) is 14.6. The molecule has 2 rings (SSSR count). The van der Waals surface area contributed by atoms with Crippen molar-refractivity contribution in [2.45, 2.75) is 79.0 Å². The minimum Gasteiger partial charge on any atom is -0.441 e. The van der Waals surface area contributed by atoms with E-state index in [0.717, 1.165) is 11.1 Å². The van der Waals surface area contributed by atoms with Crippen molar-refractivity contribution in [1.82, 2.24) is 9.91 Å². The van der Waals surface area contributed by atoms with Gasteiger partial charge >= 0.3 is 12.0 Å². The zero-order valence-corrected chi connectivity index (χ0v) is 26.5. The second-order valence-electron chi connectivity index (χ2n) is 12.7. The van der Waals surface area contributed by atoms with Crippen LogP contribution in [0.3, 0.4) is 0 Å². The topological polar surface area (TPSA) is 92.9 Å². The molecule has 0 aromatic heterocycles. The van der Waals surface area contributed by atoms with Gasteiger partial charge in [0, 0.05) is 20.0 Å². The van der Waals surface area contributed by atoms with Gasteiger partial charge in [-0.15, -0.1) is 5.01 Å². The van der Waals surface area contributed by atoms with Crippen LogP contribution >= 0.6 is 0 Å². The Morgan fingerprint density at radius 1 is 0.854 bits per heavy atom. The maximum absolute atomic E-state index is 14.2. The average Bonchev–Trinajstić information content (AvgIpc) is 2.91. The summed E-state index contributed by atoms with van der Waals surface area (Å²) in [6.45, 7) is 13.5. The van der Waals surface area contributed by atoms with Crippen LogP contribution < -0.4 is 5.73 Å². The molecular weight excluding hydrogens is 516 g/mol. The van der Waals surface area contributed by atoms with Crippen molar-refractivity contribution < 1.29 is 23.7 Å². The lowest BCUT2D eigenvalue weighted by molar-refractivity contribution is -0.943. The molecule has 2 N–H and O–H groups in total. The molecule has 0 fully saturated rings. The van der Waals surface area contributed by atoms with Gasteiger partial charge in [-0.3, -0.25) is 4.79 Å². The molecular formula is C33H51N4O4+. The zero-order valence-electron chi connectivity index (χ0n) is 26.5. The lowest BCUT2D eigenvalue weighted by Gasteiger charge is -2.46. The molecule has 3 atom stereocenters. The van der Waals surface area contributed by atoms with Gasteiger partial charge in [0.1, 0.15) is 18.2 Å². The number of carbonyl (C=O) groups excluding carboxylic acids is 3. The number of benzene rings is 2. The summed E-state index contributed by atoms with van der Waals surface area (Å²) in [6, 6.07) is 17.9. The van der Waals surface area contributed by atoms with Crippen LogP contribution in [0.1, 0.15) is 59.6 Å². The second-order valence-corrected chi connectivity index (χ2v) is 12.7. The Labute approximate surface area is 247 Å². The van der Waals surface area contributed by atoms with Crippen LogP contribution in [0.25, 0.3) is 0 Å². The number of amides is 3. The SMILES string of the molecule is CC(C)C(N)C(=O)[N+](C)(CCc1ccccc1)N(C(=O)OC(C)(C)C)C(C(=O)N(C)CCc1ccccc1)C(C)C. The van der Waals surface area contributed by atoms with E-state index in [9.17, 15) is 14.4 Å². The van der Waals surface area contributed by atoms with Gasteiger partial charge in [-0.25, -0.2) is 9.59 Å². The number of rotatable bonds is 11. The van der Waals surface area contributed by atoms with Gasteiger partial charge in [0.2, 0.25) is 0 Å². The highest BCUT2D eigenvalue weighted by Gasteiger charge is 2.53. The fourth-order valence-electron chi connectivity index (χ4n) is 4.75. The van der Waals surface area contributed by atoms with Gasteiger partial charge in [-0.05, 0) is 50.2 Å². The minimum atomic E-state index is -0.963. The third-order valence-corrected chi connectivity index (χ3v) is 7.32. The van der Waals surface area contributed by atoms with Gasteiger partial charge in [-0.2, -0.15) is 4.59 Å². The lowest BCUT2D eigenvalue weighted by Crippen LogP contribution is -2.73. The second kappa shape index (κ2) is 14.6. The molecule has 0 aliphatic heterocycles. The highest BCUT2D eigenvalue weighted by Crippen LogP contribution is 2.27.